The van der Waals surface area contributed by atoms with Crippen LogP contribution in [-0.2, 0) is 6.54 Å². The zero-order chi connectivity index (χ0) is 21.3. The number of primary amides is 1. The summed E-state index contributed by atoms with van der Waals surface area (Å²) in [5, 5.41) is 4.17. The summed E-state index contributed by atoms with van der Waals surface area (Å²) in [5.74, 6) is 0.728. The minimum absolute atomic E-state index is 0.221. The molecule has 1 unspecified atom stereocenters. The molecule has 2 aromatic carbocycles. The molecule has 0 saturated heterocycles. The molecule has 0 radical (unpaired) electrons. The molecule has 0 aliphatic heterocycles. The van der Waals surface area contributed by atoms with Crippen molar-refractivity contribution in [3.8, 4) is 5.95 Å². The summed E-state index contributed by atoms with van der Waals surface area (Å²) in [7, 11) is 0. The summed E-state index contributed by atoms with van der Waals surface area (Å²) in [5.41, 5.74) is 15.9. The van der Waals surface area contributed by atoms with E-state index in [1.165, 1.54) is 0 Å². The van der Waals surface area contributed by atoms with Crippen LogP contribution in [0.25, 0.3) is 16.9 Å². The third kappa shape index (κ3) is 3.62. The predicted molar refractivity (Wildman–Crippen MR) is 118 cm³/mol. The first-order valence-electron chi connectivity index (χ1n) is 9.77. The van der Waals surface area contributed by atoms with Gasteiger partial charge >= 0.3 is 0 Å². The van der Waals surface area contributed by atoms with Crippen LogP contribution in [0, 0.1) is 6.92 Å². The highest BCUT2D eigenvalue weighted by Crippen LogP contribution is 2.27. The Hall–Kier alpha value is -3.71. The van der Waals surface area contributed by atoms with Crippen molar-refractivity contribution in [1.29, 1.82) is 0 Å². The summed E-state index contributed by atoms with van der Waals surface area (Å²) in [6, 6.07) is 17.3. The molecule has 152 valence electrons. The first kappa shape index (κ1) is 19.6. The van der Waals surface area contributed by atoms with Gasteiger partial charge in [0.05, 0.1) is 5.52 Å². The molecule has 7 nitrogen and oxygen atoms in total. The molecule has 2 aromatic heterocycles. The molecule has 0 bridgehead atoms. The van der Waals surface area contributed by atoms with Crippen LogP contribution in [0.5, 0.6) is 0 Å². The fraction of sp³-hybridized carbons (Fsp3) is 0.174. The van der Waals surface area contributed by atoms with Gasteiger partial charge in [0.15, 0.2) is 0 Å². The van der Waals surface area contributed by atoms with E-state index in [2.05, 4.69) is 22.4 Å². The summed E-state index contributed by atoms with van der Waals surface area (Å²) in [6.45, 7) is 4.47. The molecular weight excluding hydrogens is 376 g/mol. The van der Waals surface area contributed by atoms with E-state index in [1.807, 2.05) is 54.8 Å². The van der Waals surface area contributed by atoms with E-state index < -0.39 is 5.91 Å². The van der Waals surface area contributed by atoms with Crippen LogP contribution in [0.3, 0.4) is 0 Å². The van der Waals surface area contributed by atoms with Crippen LogP contribution in [0.4, 0.5) is 5.82 Å². The van der Waals surface area contributed by atoms with Crippen LogP contribution in [0.2, 0.25) is 0 Å². The van der Waals surface area contributed by atoms with Crippen LogP contribution < -0.4 is 16.8 Å². The zero-order valence-electron chi connectivity index (χ0n) is 17.0. The number of nitrogens with one attached hydrogen (secondary N) is 1. The second-order valence-electron chi connectivity index (χ2n) is 7.33. The number of carbonyl (C=O) groups excluding carboxylic acids is 1. The first-order valence-corrected chi connectivity index (χ1v) is 9.77. The molecule has 0 fully saturated rings. The molecule has 0 spiro atoms. The van der Waals surface area contributed by atoms with E-state index in [9.17, 15) is 4.79 Å². The van der Waals surface area contributed by atoms with Gasteiger partial charge in [0.2, 0.25) is 11.9 Å². The number of nitrogens with zero attached hydrogens (tertiary/aromatic N) is 3. The standard InChI is InChI=1S/C23H24N6O/c1-14-11-18-17(21(25)30)9-6-10-20(18)29(14)23-27-13-19(15(2)24)22(28-23)26-12-16-7-4-3-5-8-16/h3-11,13,15H,12,24H2,1-2H3,(H2,25,30)(H,26,27,28). The van der Waals surface area contributed by atoms with Gasteiger partial charge in [-0.2, -0.15) is 4.98 Å². The highest BCUT2D eigenvalue weighted by atomic mass is 16.1. The van der Waals surface area contributed by atoms with Gasteiger partial charge in [-0.25, -0.2) is 4.98 Å². The van der Waals surface area contributed by atoms with Gasteiger partial charge in [-0.15, -0.1) is 0 Å². The van der Waals surface area contributed by atoms with Gasteiger partial charge in [0, 0.05) is 41.0 Å². The van der Waals surface area contributed by atoms with E-state index >= 15 is 0 Å². The Morgan fingerprint density at radius 1 is 1.17 bits per heavy atom. The van der Waals surface area contributed by atoms with E-state index in [0.717, 1.165) is 27.7 Å². The van der Waals surface area contributed by atoms with Crippen molar-refractivity contribution in [3.05, 3.63) is 83.2 Å². The van der Waals surface area contributed by atoms with Gasteiger partial charge in [-0.05, 0) is 37.6 Å². The lowest BCUT2D eigenvalue weighted by Gasteiger charge is -2.16. The number of carbonyl (C=O) groups is 1. The lowest BCUT2D eigenvalue weighted by Crippen LogP contribution is -2.15. The molecule has 1 atom stereocenters. The van der Waals surface area contributed by atoms with Crippen molar-refractivity contribution in [2.75, 3.05) is 5.32 Å². The van der Waals surface area contributed by atoms with E-state index in [4.69, 9.17) is 16.5 Å². The molecule has 4 rings (SSSR count). The molecule has 0 aliphatic rings. The van der Waals surface area contributed by atoms with Crippen molar-refractivity contribution < 1.29 is 4.79 Å². The van der Waals surface area contributed by atoms with Gasteiger partial charge in [-0.3, -0.25) is 9.36 Å². The maximum Gasteiger partial charge on any atom is 0.249 e. The normalized spacial score (nSPS) is 12.1. The number of amides is 1. The molecule has 30 heavy (non-hydrogen) atoms. The SMILES string of the molecule is Cc1cc2c(C(N)=O)cccc2n1-c1ncc(C(C)N)c(NCc2ccccc2)n1. The average molecular weight is 400 g/mol. The lowest BCUT2D eigenvalue weighted by atomic mass is 10.1. The predicted octanol–water partition coefficient (Wildman–Crippen LogP) is 3.46. The first-order chi connectivity index (χ1) is 14.5. The number of anilines is 1. The summed E-state index contributed by atoms with van der Waals surface area (Å²) in [6.07, 6.45) is 1.75. The number of benzene rings is 2. The molecular formula is C23H24N6O. The Kier molecular flexibility index (Phi) is 5.20. The second kappa shape index (κ2) is 7.96. The van der Waals surface area contributed by atoms with E-state index in [0.29, 0.717) is 23.9 Å². The fourth-order valence-corrected chi connectivity index (χ4v) is 3.59. The lowest BCUT2D eigenvalue weighted by molar-refractivity contribution is 0.100. The highest BCUT2D eigenvalue weighted by molar-refractivity contribution is 6.06. The number of fused-ring (bicyclic) bond motifs is 1. The number of rotatable bonds is 6. The molecule has 0 aliphatic carbocycles. The molecule has 5 N–H and O–H groups in total. The minimum Gasteiger partial charge on any atom is -0.366 e. The number of aromatic nitrogens is 3. The fourth-order valence-electron chi connectivity index (χ4n) is 3.59. The Morgan fingerprint density at radius 2 is 1.93 bits per heavy atom. The number of aryl methyl sites for hydroxylation is 1. The third-order valence-electron chi connectivity index (χ3n) is 5.09. The Bertz CT molecular complexity index is 1210. The molecule has 0 saturated carbocycles. The van der Waals surface area contributed by atoms with Gasteiger partial charge in [0.25, 0.3) is 0 Å². The van der Waals surface area contributed by atoms with E-state index in [-0.39, 0.29) is 6.04 Å². The van der Waals surface area contributed by atoms with Gasteiger partial charge < -0.3 is 16.8 Å². The van der Waals surface area contributed by atoms with Crippen molar-refractivity contribution in [2.45, 2.75) is 26.4 Å². The second-order valence-corrected chi connectivity index (χ2v) is 7.33. The van der Waals surface area contributed by atoms with Crippen molar-refractivity contribution in [2.24, 2.45) is 11.5 Å². The van der Waals surface area contributed by atoms with Crippen molar-refractivity contribution in [1.82, 2.24) is 14.5 Å². The monoisotopic (exact) mass is 400 g/mol. The molecule has 7 heteroatoms. The van der Waals surface area contributed by atoms with Crippen molar-refractivity contribution in [3.63, 3.8) is 0 Å². The summed E-state index contributed by atoms with van der Waals surface area (Å²) >= 11 is 0. The zero-order valence-corrected chi connectivity index (χ0v) is 17.0. The summed E-state index contributed by atoms with van der Waals surface area (Å²) in [4.78, 5) is 21.2. The topological polar surface area (TPSA) is 112 Å². The largest absolute Gasteiger partial charge is 0.366 e. The molecule has 2 heterocycles. The van der Waals surface area contributed by atoms with E-state index in [1.54, 1.807) is 12.3 Å². The average Bonchev–Trinajstić information content (AvgIpc) is 3.08. The highest BCUT2D eigenvalue weighted by Gasteiger charge is 2.17. The Morgan fingerprint density at radius 3 is 2.63 bits per heavy atom. The Labute approximate surface area is 174 Å². The van der Waals surface area contributed by atoms with Crippen LogP contribution >= 0.6 is 0 Å². The summed E-state index contributed by atoms with van der Waals surface area (Å²) < 4.78 is 1.92. The number of nitrogens with two attached hydrogens (primary N) is 2. The quantitative estimate of drug-likeness (QED) is 0.459. The Balaban J connectivity index is 1.79. The molecule has 4 aromatic rings. The van der Waals surface area contributed by atoms with Gasteiger partial charge in [0.1, 0.15) is 5.82 Å². The van der Waals surface area contributed by atoms with Crippen molar-refractivity contribution >= 4 is 22.6 Å². The maximum absolute atomic E-state index is 11.8. The number of hydrogen-bond acceptors (Lipinski definition) is 5. The van der Waals surface area contributed by atoms with Crippen LogP contribution in [0.1, 0.15) is 40.1 Å². The molecule has 1 amide bonds. The third-order valence-corrected chi connectivity index (χ3v) is 5.09. The minimum atomic E-state index is -0.462. The van der Waals surface area contributed by atoms with Gasteiger partial charge in [-0.1, -0.05) is 36.4 Å². The van der Waals surface area contributed by atoms with Crippen LogP contribution in [0.15, 0.2) is 60.8 Å². The van der Waals surface area contributed by atoms with Crippen LogP contribution in [-0.4, -0.2) is 20.4 Å². The number of hydrogen-bond donors (Lipinski definition) is 3. The smallest absolute Gasteiger partial charge is 0.249 e. The maximum atomic E-state index is 11.8.